The highest BCUT2D eigenvalue weighted by atomic mass is 19.1. The summed E-state index contributed by atoms with van der Waals surface area (Å²) in [5.41, 5.74) is 5.21. The SMILES string of the molecule is COc1nc2c(cc1F)c(=O)c(CN(Cc1ccnc(C)c1)[C@H]1CCCN(c3ccc(C)nc3)C1)cn2C1CC1. The Morgan fingerprint density at radius 2 is 1.93 bits per heavy atom. The molecule has 0 unspecified atom stereocenters. The van der Waals surface area contributed by atoms with E-state index in [0.717, 1.165) is 61.4 Å². The molecule has 0 aromatic carbocycles. The molecule has 1 aliphatic carbocycles. The van der Waals surface area contributed by atoms with Crippen LogP contribution in [-0.4, -0.2) is 50.7 Å². The Hall–Kier alpha value is -3.85. The van der Waals surface area contributed by atoms with Gasteiger partial charge in [-0.2, -0.15) is 4.98 Å². The zero-order valence-electron chi connectivity index (χ0n) is 23.3. The molecule has 0 spiro atoms. The van der Waals surface area contributed by atoms with Crippen molar-refractivity contribution in [1.29, 1.82) is 0 Å². The molecule has 5 heterocycles. The van der Waals surface area contributed by atoms with Gasteiger partial charge in [0.2, 0.25) is 0 Å². The third kappa shape index (κ3) is 5.43. The Morgan fingerprint density at radius 3 is 2.65 bits per heavy atom. The number of aryl methyl sites for hydroxylation is 2. The highest BCUT2D eigenvalue weighted by Gasteiger charge is 2.30. The fourth-order valence-electron chi connectivity index (χ4n) is 5.78. The number of methoxy groups -OCH3 is 1. The molecule has 8 nitrogen and oxygen atoms in total. The average Bonchev–Trinajstić information content (AvgIpc) is 3.80. The lowest BCUT2D eigenvalue weighted by Gasteiger charge is -2.40. The van der Waals surface area contributed by atoms with E-state index in [-0.39, 0.29) is 23.4 Å². The van der Waals surface area contributed by atoms with Gasteiger partial charge in [0.05, 0.1) is 24.4 Å². The molecule has 208 valence electrons. The number of pyridine rings is 4. The minimum Gasteiger partial charge on any atom is -0.479 e. The molecule has 1 saturated carbocycles. The monoisotopic (exact) mass is 542 g/mol. The second-order valence-electron chi connectivity index (χ2n) is 11.1. The number of halogens is 1. The number of fused-ring (bicyclic) bond motifs is 1. The van der Waals surface area contributed by atoms with E-state index in [9.17, 15) is 9.18 Å². The Morgan fingerprint density at radius 1 is 1.07 bits per heavy atom. The number of anilines is 1. The van der Waals surface area contributed by atoms with Gasteiger partial charge in [0.15, 0.2) is 11.2 Å². The van der Waals surface area contributed by atoms with E-state index in [4.69, 9.17) is 4.74 Å². The van der Waals surface area contributed by atoms with Crippen LogP contribution in [0.15, 0.2) is 53.7 Å². The lowest BCUT2D eigenvalue weighted by atomic mass is 10.0. The molecule has 0 bridgehead atoms. The highest BCUT2D eigenvalue weighted by Crippen LogP contribution is 2.37. The quantitative estimate of drug-likeness (QED) is 0.312. The van der Waals surface area contributed by atoms with Crippen LogP contribution in [0.4, 0.5) is 10.1 Å². The van der Waals surface area contributed by atoms with Crippen LogP contribution >= 0.6 is 0 Å². The Labute approximate surface area is 233 Å². The normalized spacial score (nSPS) is 17.5. The van der Waals surface area contributed by atoms with Crippen LogP contribution in [-0.2, 0) is 13.1 Å². The lowest BCUT2D eigenvalue weighted by Crippen LogP contribution is -2.48. The number of piperidine rings is 1. The van der Waals surface area contributed by atoms with Crippen molar-refractivity contribution in [2.24, 2.45) is 0 Å². The second kappa shape index (κ2) is 11.0. The van der Waals surface area contributed by atoms with Gasteiger partial charge in [-0.3, -0.25) is 19.7 Å². The first-order valence-corrected chi connectivity index (χ1v) is 14.0. The van der Waals surface area contributed by atoms with Gasteiger partial charge in [0.25, 0.3) is 5.88 Å². The van der Waals surface area contributed by atoms with Crippen LogP contribution < -0.4 is 15.1 Å². The van der Waals surface area contributed by atoms with E-state index in [2.05, 4.69) is 36.9 Å². The molecular weight excluding hydrogens is 507 g/mol. The standard InChI is InChI=1S/C31H35FN6O2/c1-20-6-7-25(15-34-20)36-12-4-5-26(19-36)37(16-22-10-11-33-21(2)13-22)17-23-18-38(24-8-9-24)30-27(29(23)39)14-28(32)31(35-30)40-3/h6-7,10-11,13-15,18,24,26H,4-5,8-9,12,16-17,19H2,1-3H3/t26-/m0/s1. The first kappa shape index (κ1) is 26.4. The zero-order chi connectivity index (χ0) is 27.8. The Balaban J connectivity index is 1.37. The van der Waals surface area contributed by atoms with Crippen molar-refractivity contribution in [3.05, 3.63) is 87.5 Å². The van der Waals surface area contributed by atoms with Crippen LogP contribution in [0.1, 0.15) is 54.2 Å². The summed E-state index contributed by atoms with van der Waals surface area (Å²) in [6.45, 7) is 6.95. The first-order chi connectivity index (χ1) is 19.4. The minimum atomic E-state index is -0.620. The summed E-state index contributed by atoms with van der Waals surface area (Å²) in [4.78, 5) is 31.9. The molecule has 4 aromatic rings. The van der Waals surface area contributed by atoms with Crippen molar-refractivity contribution in [1.82, 2.24) is 24.4 Å². The van der Waals surface area contributed by atoms with E-state index in [0.29, 0.717) is 29.7 Å². The summed E-state index contributed by atoms with van der Waals surface area (Å²) in [5, 5.41) is 0.304. The van der Waals surface area contributed by atoms with E-state index in [1.165, 1.54) is 13.2 Å². The number of rotatable bonds is 8. The number of aromatic nitrogens is 4. The van der Waals surface area contributed by atoms with Gasteiger partial charge >= 0.3 is 0 Å². The van der Waals surface area contributed by atoms with Gasteiger partial charge in [-0.25, -0.2) is 4.39 Å². The van der Waals surface area contributed by atoms with E-state index in [1.807, 2.05) is 49.1 Å². The number of ether oxygens (including phenoxy) is 1. The molecule has 40 heavy (non-hydrogen) atoms. The van der Waals surface area contributed by atoms with E-state index < -0.39 is 5.82 Å². The highest BCUT2D eigenvalue weighted by molar-refractivity contribution is 5.77. The lowest BCUT2D eigenvalue weighted by molar-refractivity contribution is 0.158. The maximum atomic E-state index is 14.7. The van der Waals surface area contributed by atoms with Crippen molar-refractivity contribution in [3.63, 3.8) is 0 Å². The third-order valence-electron chi connectivity index (χ3n) is 8.03. The molecule has 1 saturated heterocycles. The summed E-state index contributed by atoms with van der Waals surface area (Å²) in [5.74, 6) is -0.707. The average molecular weight is 543 g/mol. The molecule has 1 atom stereocenters. The summed E-state index contributed by atoms with van der Waals surface area (Å²) in [6, 6.07) is 10.1. The van der Waals surface area contributed by atoms with Gasteiger partial charge in [0, 0.05) is 67.6 Å². The number of hydrogen-bond donors (Lipinski definition) is 0. The van der Waals surface area contributed by atoms with Crippen molar-refractivity contribution >= 4 is 16.7 Å². The zero-order valence-corrected chi connectivity index (χ0v) is 23.3. The Kier molecular flexibility index (Phi) is 7.23. The maximum Gasteiger partial charge on any atom is 0.252 e. The van der Waals surface area contributed by atoms with Crippen molar-refractivity contribution < 1.29 is 9.13 Å². The number of nitrogens with zero attached hydrogens (tertiary/aromatic N) is 6. The largest absolute Gasteiger partial charge is 0.479 e. The first-order valence-electron chi connectivity index (χ1n) is 14.0. The second-order valence-corrected chi connectivity index (χ2v) is 11.1. The van der Waals surface area contributed by atoms with Gasteiger partial charge in [-0.1, -0.05) is 0 Å². The van der Waals surface area contributed by atoms with Crippen molar-refractivity contribution in [2.45, 2.75) is 64.7 Å². The van der Waals surface area contributed by atoms with Crippen molar-refractivity contribution in [2.75, 3.05) is 25.1 Å². The summed E-state index contributed by atoms with van der Waals surface area (Å²) < 4.78 is 21.9. The predicted molar refractivity (Wildman–Crippen MR) is 153 cm³/mol. The fourth-order valence-corrected chi connectivity index (χ4v) is 5.78. The van der Waals surface area contributed by atoms with Crippen LogP contribution in [0.25, 0.3) is 11.0 Å². The van der Waals surface area contributed by atoms with Gasteiger partial charge in [-0.15, -0.1) is 0 Å². The molecule has 4 aromatic heterocycles. The molecule has 2 aliphatic rings. The van der Waals surface area contributed by atoms with Gasteiger partial charge in [-0.05, 0) is 75.4 Å². The smallest absolute Gasteiger partial charge is 0.252 e. The van der Waals surface area contributed by atoms with Gasteiger partial charge < -0.3 is 14.2 Å². The molecule has 1 aliphatic heterocycles. The van der Waals surface area contributed by atoms with E-state index in [1.54, 1.807) is 0 Å². The molecule has 9 heteroatoms. The van der Waals surface area contributed by atoms with Crippen LogP contribution in [0.2, 0.25) is 0 Å². The van der Waals surface area contributed by atoms with Crippen LogP contribution in [0.3, 0.4) is 0 Å². The fraction of sp³-hybridized carbons (Fsp3) is 0.419. The van der Waals surface area contributed by atoms with Gasteiger partial charge in [0.1, 0.15) is 5.65 Å². The van der Waals surface area contributed by atoms with E-state index >= 15 is 0 Å². The molecule has 6 rings (SSSR count). The maximum absolute atomic E-state index is 14.7. The number of hydrogen-bond acceptors (Lipinski definition) is 7. The molecule has 2 fully saturated rings. The third-order valence-corrected chi connectivity index (χ3v) is 8.03. The molecular formula is C31H35FN6O2. The molecule has 0 radical (unpaired) electrons. The van der Waals surface area contributed by atoms with Crippen LogP contribution in [0.5, 0.6) is 5.88 Å². The minimum absolute atomic E-state index is 0.0865. The Bertz CT molecular complexity index is 1580. The van der Waals surface area contributed by atoms with Crippen molar-refractivity contribution in [3.8, 4) is 5.88 Å². The van der Waals surface area contributed by atoms with Crippen LogP contribution in [0, 0.1) is 19.7 Å². The topological polar surface area (TPSA) is 76.4 Å². The predicted octanol–water partition coefficient (Wildman–Crippen LogP) is 4.96. The summed E-state index contributed by atoms with van der Waals surface area (Å²) in [7, 11) is 1.39. The summed E-state index contributed by atoms with van der Waals surface area (Å²) >= 11 is 0. The molecule has 0 N–H and O–H groups in total. The summed E-state index contributed by atoms with van der Waals surface area (Å²) in [6.07, 6.45) is 9.83. The molecule has 0 amide bonds.